The largest absolute Gasteiger partial charge is 0.398 e. The van der Waals surface area contributed by atoms with E-state index in [1.807, 2.05) is 12.1 Å². The average Bonchev–Trinajstić information content (AvgIpc) is 2.87. The molecule has 5 nitrogen and oxygen atoms in total. The third-order valence-corrected chi connectivity index (χ3v) is 3.75. The van der Waals surface area contributed by atoms with Crippen LogP contribution in [0.5, 0.6) is 0 Å². The summed E-state index contributed by atoms with van der Waals surface area (Å²) in [6, 6.07) is 7.69. The van der Waals surface area contributed by atoms with Crippen molar-refractivity contribution in [3.63, 3.8) is 0 Å². The molecular weight excluding hydrogens is 242 g/mol. The zero-order chi connectivity index (χ0) is 13.3. The highest BCUT2D eigenvalue weighted by Crippen LogP contribution is 2.33. The van der Waals surface area contributed by atoms with Gasteiger partial charge in [-0.2, -0.15) is 5.26 Å². The van der Waals surface area contributed by atoms with E-state index in [0.29, 0.717) is 31.0 Å². The van der Waals surface area contributed by atoms with Crippen molar-refractivity contribution in [2.45, 2.75) is 18.6 Å². The first-order chi connectivity index (χ1) is 9.22. The highest BCUT2D eigenvalue weighted by Gasteiger charge is 2.40. The van der Waals surface area contributed by atoms with Crippen molar-refractivity contribution in [1.82, 2.24) is 0 Å². The standard InChI is InChI=1S/C14H17N3O2/c15-9-11-8-12(2-3-13(11)16)17-5-1-4-14(10-17)18-6-7-19-14/h2-3,8H,1,4-7,10,16H2. The maximum atomic E-state index is 9.05. The van der Waals surface area contributed by atoms with Crippen LogP contribution in [0.15, 0.2) is 18.2 Å². The van der Waals surface area contributed by atoms with E-state index in [1.54, 1.807) is 6.07 Å². The van der Waals surface area contributed by atoms with Crippen LogP contribution in [0.25, 0.3) is 0 Å². The number of nitriles is 1. The second-order valence-electron chi connectivity index (χ2n) is 5.02. The third kappa shape index (κ3) is 2.25. The molecule has 2 fully saturated rings. The first-order valence-corrected chi connectivity index (χ1v) is 6.55. The lowest BCUT2D eigenvalue weighted by Crippen LogP contribution is -2.49. The Morgan fingerprint density at radius 1 is 1.32 bits per heavy atom. The number of hydrogen-bond acceptors (Lipinski definition) is 5. The second kappa shape index (κ2) is 4.72. The summed E-state index contributed by atoms with van der Waals surface area (Å²) in [5.41, 5.74) is 7.80. The summed E-state index contributed by atoms with van der Waals surface area (Å²) < 4.78 is 11.5. The Hall–Kier alpha value is -1.77. The Labute approximate surface area is 112 Å². The summed E-state index contributed by atoms with van der Waals surface area (Å²) in [6.45, 7) is 2.99. The number of nitrogens with zero attached hydrogens (tertiary/aromatic N) is 2. The molecular formula is C14H17N3O2. The Kier molecular flexibility index (Phi) is 3.05. The zero-order valence-corrected chi connectivity index (χ0v) is 10.8. The van der Waals surface area contributed by atoms with Gasteiger partial charge in [-0.15, -0.1) is 0 Å². The molecule has 2 aliphatic rings. The van der Waals surface area contributed by atoms with Crippen molar-refractivity contribution in [3.8, 4) is 6.07 Å². The maximum absolute atomic E-state index is 9.05. The lowest BCUT2D eigenvalue weighted by Gasteiger charge is -2.39. The number of benzene rings is 1. The summed E-state index contributed by atoms with van der Waals surface area (Å²) in [4.78, 5) is 2.20. The van der Waals surface area contributed by atoms with Crippen LogP contribution in [0.4, 0.5) is 11.4 Å². The van der Waals surface area contributed by atoms with E-state index in [2.05, 4.69) is 11.0 Å². The van der Waals surface area contributed by atoms with Gasteiger partial charge in [0.1, 0.15) is 6.07 Å². The SMILES string of the molecule is N#Cc1cc(N2CCCC3(C2)OCCO3)ccc1N. The van der Waals surface area contributed by atoms with E-state index in [0.717, 1.165) is 25.1 Å². The highest BCUT2D eigenvalue weighted by molar-refractivity contribution is 5.63. The van der Waals surface area contributed by atoms with Gasteiger partial charge in [0.05, 0.1) is 25.3 Å². The molecule has 2 aliphatic heterocycles. The molecule has 0 aliphatic carbocycles. The molecule has 19 heavy (non-hydrogen) atoms. The molecule has 2 saturated heterocycles. The number of nitrogens with two attached hydrogens (primary N) is 1. The van der Waals surface area contributed by atoms with E-state index in [9.17, 15) is 0 Å². The number of anilines is 2. The number of piperidine rings is 1. The molecule has 100 valence electrons. The summed E-state index contributed by atoms with van der Waals surface area (Å²) in [6.07, 6.45) is 1.95. The Morgan fingerprint density at radius 3 is 2.84 bits per heavy atom. The van der Waals surface area contributed by atoms with E-state index >= 15 is 0 Å². The van der Waals surface area contributed by atoms with E-state index < -0.39 is 5.79 Å². The maximum Gasteiger partial charge on any atom is 0.186 e. The van der Waals surface area contributed by atoms with Gasteiger partial charge in [0, 0.05) is 24.3 Å². The Balaban J connectivity index is 1.84. The smallest absolute Gasteiger partial charge is 0.186 e. The number of nitrogen functional groups attached to an aromatic ring is 1. The third-order valence-electron chi connectivity index (χ3n) is 3.75. The predicted molar refractivity (Wildman–Crippen MR) is 71.7 cm³/mol. The van der Waals surface area contributed by atoms with E-state index in [1.165, 1.54) is 0 Å². The van der Waals surface area contributed by atoms with Gasteiger partial charge < -0.3 is 20.1 Å². The topological polar surface area (TPSA) is 71.5 Å². The van der Waals surface area contributed by atoms with Crippen molar-refractivity contribution < 1.29 is 9.47 Å². The molecule has 0 atom stereocenters. The lowest BCUT2D eigenvalue weighted by molar-refractivity contribution is -0.161. The quantitative estimate of drug-likeness (QED) is 0.773. The van der Waals surface area contributed by atoms with Gasteiger partial charge in [-0.3, -0.25) is 0 Å². The van der Waals surface area contributed by atoms with Gasteiger partial charge in [0.15, 0.2) is 5.79 Å². The molecule has 3 rings (SSSR count). The van der Waals surface area contributed by atoms with Gasteiger partial charge >= 0.3 is 0 Å². The van der Waals surface area contributed by atoms with Crippen LogP contribution in [-0.4, -0.2) is 32.1 Å². The fourth-order valence-electron chi connectivity index (χ4n) is 2.78. The molecule has 0 aromatic heterocycles. The summed E-state index contributed by atoms with van der Waals surface area (Å²) in [5, 5.41) is 9.05. The number of ether oxygens (including phenoxy) is 2. The molecule has 0 amide bonds. The normalized spacial score (nSPS) is 21.5. The highest BCUT2D eigenvalue weighted by atomic mass is 16.7. The first-order valence-electron chi connectivity index (χ1n) is 6.55. The van der Waals surface area contributed by atoms with Crippen LogP contribution in [-0.2, 0) is 9.47 Å². The van der Waals surface area contributed by atoms with E-state index in [4.69, 9.17) is 20.5 Å². The van der Waals surface area contributed by atoms with Gasteiger partial charge in [-0.1, -0.05) is 0 Å². The van der Waals surface area contributed by atoms with Crippen molar-refractivity contribution in [1.29, 1.82) is 5.26 Å². The molecule has 2 heterocycles. The van der Waals surface area contributed by atoms with Crippen LogP contribution in [0.2, 0.25) is 0 Å². The van der Waals surface area contributed by atoms with Gasteiger partial charge in [-0.05, 0) is 24.6 Å². The lowest BCUT2D eigenvalue weighted by atomic mass is 10.0. The van der Waals surface area contributed by atoms with Gasteiger partial charge in [0.2, 0.25) is 0 Å². The van der Waals surface area contributed by atoms with Crippen LogP contribution in [0.1, 0.15) is 18.4 Å². The number of rotatable bonds is 1. The summed E-state index contributed by atoms with van der Waals surface area (Å²) in [5.74, 6) is -0.452. The average molecular weight is 259 g/mol. The van der Waals surface area contributed by atoms with Crippen molar-refractivity contribution in [2.24, 2.45) is 0 Å². The minimum atomic E-state index is -0.452. The van der Waals surface area contributed by atoms with E-state index in [-0.39, 0.29) is 0 Å². The van der Waals surface area contributed by atoms with Crippen LogP contribution in [0.3, 0.4) is 0 Å². The molecule has 2 N–H and O–H groups in total. The van der Waals surface area contributed by atoms with Crippen LogP contribution in [0, 0.1) is 11.3 Å². The monoisotopic (exact) mass is 259 g/mol. The number of hydrogen-bond donors (Lipinski definition) is 1. The fraction of sp³-hybridized carbons (Fsp3) is 0.500. The molecule has 0 radical (unpaired) electrons. The van der Waals surface area contributed by atoms with Crippen molar-refractivity contribution in [3.05, 3.63) is 23.8 Å². The summed E-state index contributed by atoms with van der Waals surface area (Å²) >= 11 is 0. The van der Waals surface area contributed by atoms with Gasteiger partial charge in [0.25, 0.3) is 0 Å². The fourth-order valence-corrected chi connectivity index (χ4v) is 2.78. The molecule has 1 aromatic rings. The molecule has 0 unspecified atom stereocenters. The molecule has 1 spiro atoms. The van der Waals surface area contributed by atoms with Crippen LogP contribution >= 0.6 is 0 Å². The minimum absolute atomic E-state index is 0.452. The Morgan fingerprint density at radius 2 is 2.11 bits per heavy atom. The first kappa shape index (κ1) is 12.3. The molecule has 0 saturated carbocycles. The predicted octanol–water partition coefficient (Wildman–Crippen LogP) is 1.48. The molecule has 1 aromatic carbocycles. The van der Waals surface area contributed by atoms with Crippen LogP contribution < -0.4 is 10.6 Å². The molecule has 5 heteroatoms. The van der Waals surface area contributed by atoms with Crippen molar-refractivity contribution in [2.75, 3.05) is 36.9 Å². The minimum Gasteiger partial charge on any atom is -0.398 e. The Bertz CT molecular complexity index is 518. The van der Waals surface area contributed by atoms with Gasteiger partial charge in [-0.25, -0.2) is 0 Å². The molecule has 0 bridgehead atoms. The zero-order valence-electron chi connectivity index (χ0n) is 10.8. The van der Waals surface area contributed by atoms with Crippen molar-refractivity contribution >= 4 is 11.4 Å². The second-order valence-corrected chi connectivity index (χ2v) is 5.02. The summed E-state index contributed by atoms with van der Waals surface area (Å²) in [7, 11) is 0.